The molecule has 0 unspecified atom stereocenters. The summed E-state index contributed by atoms with van der Waals surface area (Å²) >= 11 is 1.81. The summed E-state index contributed by atoms with van der Waals surface area (Å²) in [5.74, 6) is 0.776. The van der Waals surface area contributed by atoms with Gasteiger partial charge in [0.1, 0.15) is 0 Å². The number of hydrogen-bond donors (Lipinski definition) is 0. The topological polar surface area (TPSA) is 20.3 Å². The van der Waals surface area contributed by atoms with Gasteiger partial charge in [-0.05, 0) is 68.0 Å². The zero-order valence-corrected chi connectivity index (χ0v) is 16.2. The summed E-state index contributed by atoms with van der Waals surface area (Å²) in [5.41, 5.74) is 3.60. The molecule has 1 saturated carbocycles. The minimum Gasteiger partial charge on any atom is -0.340 e. The smallest absolute Gasteiger partial charge is 0.163 e. The zero-order valence-electron chi connectivity index (χ0n) is 15.4. The molecule has 0 saturated heterocycles. The molecule has 1 aliphatic carbocycles. The number of allylic oxidation sites excluding steroid dienone is 1. The predicted molar refractivity (Wildman–Crippen MR) is 113 cm³/mol. The molecule has 1 aliphatic heterocycles. The fourth-order valence-corrected chi connectivity index (χ4v) is 4.46. The third kappa shape index (κ3) is 3.98. The van der Waals surface area contributed by atoms with E-state index in [4.69, 9.17) is 0 Å². The lowest BCUT2D eigenvalue weighted by molar-refractivity contribution is -0.112. The third-order valence-electron chi connectivity index (χ3n) is 4.76. The van der Waals surface area contributed by atoms with Gasteiger partial charge >= 0.3 is 0 Å². The average molecular weight is 373 g/mol. The van der Waals surface area contributed by atoms with Crippen molar-refractivity contribution in [2.24, 2.45) is 0 Å². The van der Waals surface area contributed by atoms with Gasteiger partial charge in [-0.3, -0.25) is 4.79 Å². The first-order valence-corrected chi connectivity index (χ1v) is 10.2. The molecule has 2 aliphatic rings. The van der Waals surface area contributed by atoms with Gasteiger partial charge in [-0.15, -0.1) is 0 Å². The minimum atomic E-state index is 0.0419. The van der Waals surface area contributed by atoms with Crippen LogP contribution in [0.5, 0.6) is 0 Å². The van der Waals surface area contributed by atoms with Crippen LogP contribution in [0, 0.1) is 31.6 Å². The largest absolute Gasteiger partial charge is 0.340 e. The number of carbonyl (C=O) groups is 1. The third-order valence-corrected chi connectivity index (χ3v) is 5.87. The van der Waals surface area contributed by atoms with Crippen LogP contribution in [0.15, 0.2) is 58.3 Å². The van der Waals surface area contributed by atoms with Gasteiger partial charge in [-0.1, -0.05) is 49.4 Å². The molecule has 2 aromatic carbocycles. The first-order chi connectivity index (χ1) is 13.3. The number of fused-ring (bicyclic) bond motifs is 2. The standard InChI is InChI=1S/C24H22NOS/c1-2-3-16-25-20-10-6-7-11-23(20)27-24-17-18(12-14-21(24)25)13-15-22(26)19-8-4-5-9-19/h4-15,17H,2-3,16H2,1H3/b15-13+. The molecule has 0 atom stereocenters. The number of carbonyl (C=O) groups excluding carboxylic acids is 1. The molecule has 5 radical (unpaired) electrons. The zero-order chi connectivity index (χ0) is 18.6. The van der Waals surface area contributed by atoms with E-state index in [1.165, 1.54) is 27.6 Å². The molecule has 27 heavy (non-hydrogen) atoms. The lowest BCUT2D eigenvalue weighted by Gasteiger charge is -2.33. The van der Waals surface area contributed by atoms with Crippen molar-refractivity contribution < 1.29 is 4.79 Å². The Kier molecular flexibility index (Phi) is 5.68. The molecule has 1 fully saturated rings. The average Bonchev–Trinajstić information content (AvgIpc) is 3.24. The second kappa shape index (κ2) is 8.35. The highest BCUT2D eigenvalue weighted by atomic mass is 32.2. The van der Waals surface area contributed by atoms with Crippen molar-refractivity contribution in [2.45, 2.75) is 29.6 Å². The Morgan fingerprint density at radius 3 is 2.63 bits per heavy atom. The van der Waals surface area contributed by atoms with Crippen LogP contribution < -0.4 is 4.90 Å². The van der Waals surface area contributed by atoms with Gasteiger partial charge in [0.05, 0.1) is 17.3 Å². The lowest BCUT2D eigenvalue weighted by atomic mass is 10.0. The Labute approximate surface area is 166 Å². The number of rotatable bonds is 6. The summed E-state index contributed by atoms with van der Waals surface area (Å²) < 4.78 is 0. The van der Waals surface area contributed by atoms with Gasteiger partial charge in [-0.2, -0.15) is 0 Å². The molecule has 135 valence electrons. The van der Waals surface area contributed by atoms with Gasteiger partial charge in [0.15, 0.2) is 5.78 Å². The van der Waals surface area contributed by atoms with Gasteiger partial charge < -0.3 is 4.90 Å². The van der Waals surface area contributed by atoms with Crippen LogP contribution in [0.2, 0.25) is 0 Å². The fraction of sp³-hybridized carbons (Fsp3) is 0.167. The van der Waals surface area contributed by atoms with Gasteiger partial charge in [0.2, 0.25) is 0 Å². The molecular weight excluding hydrogens is 350 g/mol. The summed E-state index contributed by atoms with van der Waals surface area (Å²) in [5, 5.41) is 0. The number of anilines is 2. The van der Waals surface area contributed by atoms with Gasteiger partial charge in [-0.25, -0.2) is 0 Å². The Bertz CT molecular complexity index is 851. The highest BCUT2D eigenvalue weighted by Gasteiger charge is 2.24. The number of unbranched alkanes of at least 4 members (excludes halogenated alkanes) is 1. The number of hydrogen-bond acceptors (Lipinski definition) is 3. The SMILES string of the molecule is CCCCN1c2ccccc2Sc2cc(/C=C/C(=O)[C]3[CH][CH][CH][CH]3)ccc21. The van der Waals surface area contributed by atoms with E-state index in [-0.39, 0.29) is 5.78 Å². The fourth-order valence-electron chi connectivity index (χ4n) is 3.32. The van der Waals surface area contributed by atoms with Crippen LogP contribution in [0.25, 0.3) is 6.08 Å². The van der Waals surface area contributed by atoms with Crippen LogP contribution in [0.4, 0.5) is 11.4 Å². The predicted octanol–water partition coefficient (Wildman–Crippen LogP) is 6.08. The maximum Gasteiger partial charge on any atom is 0.163 e. The molecule has 0 aromatic heterocycles. The molecule has 2 nitrogen and oxygen atoms in total. The summed E-state index contributed by atoms with van der Waals surface area (Å²) in [6.45, 7) is 3.24. The van der Waals surface area contributed by atoms with Crippen LogP contribution in [0.1, 0.15) is 25.3 Å². The molecule has 2 aromatic rings. The van der Waals surface area contributed by atoms with Crippen LogP contribution >= 0.6 is 11.8 Å². The van der Waals surface area contributed by atoms with Crippen molar-refractivity contribution in [3.8, 4) is 0 Å². The van der Waals surface area contributed by atoms with E-state index in [0.717, 1.165) is 24.4 Å². The Morgan fingerprint density at radius 2 is 1.81 bits per heavy atom. The minimum absolute atomic E-state index is 0.0419. The molecule has 4 rings (SSSR count). The summed E-state index contributed by atoms with van der Waals surface area (Å²) in [6.07, 6.45) is 13.4. The van der Waals surface area contributed by atoms with Crippen molar-refractivity contribution in [2.75, 3.05) is 11.4 Å². The van der Waals surface area contributed by atoms with Gasteiger partial charge in [0, 0.05) is 16.3 Å². The second-order valence-corrected chi connectivity index (χ2v) is 7.76. The van der Waals surface area contributed by atoms with E-state index in [2.05, 4.69) is 54.3 Å². The van der Waals surface area contributed by atoms with E-state index in [1.807, 2.05) is 31.8 Å². The van der Waals surface area contributed by atoms with E-state index in [1.54, 1.807) is 17.8 Å². The highest BCUT2D eigenvalue weighted by Crippen LogP contribution is 2.48. The molecule has 1 heterocycles. The summed E-state index contributed by atoms with van der Waals surface area (Å²) in [7, 11) is 0. The number of para-hydroxylation sites is 1. The number of nitrogens with zero attached hydrogens (tertiary/aromatic N) is 1. The van der Waals surface area contributed by atoms with Crippen LogP contribution in [0.3, 0.4) is 0 Å². The normalized spacial score (nSPS) is 16.6. The van der Waals surface area contributed by atoms with E-state index in [9.17, 15) is 4.79 Å². The number of ketones is 1. The molecular formula is C24H22NOS. The monoisotopic (exact) mass is 372 g/mol. The lowest BCUT2D eigenvalue weighted by Crippen LogP contribution is -2.21. The summed E-state index contributed by atoms with van der Waals surface area (Å²) in [6, 6.07) is 15.1. The van der Waals surface area contributed by atoms with Crippen molar-refractivity contribution in [3.63, 3.8) is 0 Å². The van der Waals surface area contributed by atoms with Crippen molar-refractivity contribution in [1.29, 1.82) is 0 Å². The molecule has 3 heteroatoms. The van der Waals surface area contributed by atoms with E-state index >= 15 is 0 Å². The Morgan fingerprint density at radius 1 is 1.04 bits per heavy atom. The van der Waals surface area contributed by atoms with Crippen molar-refractivity contribution in [3.05, 3.63) is 85.7 Å². The summed E-state index contributed by atoms with van der Waals surface area (Å²) in [4.78, 5) is 17.2. The van der Waals surface area contributed by atoms with E-state index < -0.39 is 0 Å². The van der Waals surface area contributed by atoms with Crippen molar-refractivity contribution in [1.82, 2.24) is 0 Å². The maximum atomic E-state index is 12.2. The van der Waals surface area contributed by atoms with E-state index in [0.29, 0.717) is 0 Å². The first kappa shape index (κ1) is 18.4. The number of benzene rings is 2. The second-order valence-electron chi connectivity index (χ2n) is 6.67. The Balaban J connectivity index is 1.59. The van der Waals surface area contributed by atoms with Crippen molar-refractivity contribution >= 4 is 35.0 Å². The molecule has 0 spiro atoms. The first-order valence-electron chi connectivity index (χ1n) is 9.39. The maximum absolute atomic E-state index is 12.2. The van der Waals surface area contributed by atoms with Gasteiger partial charge in [0.25, 0.3) is 0 Å². The quantitative estimate of drug-likeness (QED) is 0.573. The van der Waals surface area contributed by atoms with Crippen LogP contribution in [-0.4, -0.2) is 12.3 Å². The Hall–Kier alpha value is -2.00. The molecule has 0 N–H and O–H groups in total. The molecule has 0 amide bonds. The molecule has 0 bridgehead atoms. The van der Waals surface area contributed by atoms with Crippen LogP contribution in [-0.2, 0) is 4.79 Å². The highest BCUT2D eigenvalue weighted by molar-refractivity contribution is 7.99.